The molecule has 4 nitrogen and oxygen atoms in total. The van der Waals surface area contributed by atoms with E-state index < -0.39 is 0 Å². The molecule has 0 bridgehead atoms. The van der Waals surface area contributed by atoms with Crippen LogP contribution >= 0.6 is 0 Å². The molecule has 0 aromatic heterocycles. The number of nitrogens with zero attached hydrogens (tertiary/aromatic N) is 1. The Morgan fingerprint density at radius 1 is 1.48 bits per heavy atom. The Hall–Kier alpha value is -1.90. The minimum atomic E-state index is -0.359. The summed E-state index contributed by atoms with van der Waals surface area (Å²) in [6, 6.07) is 4.57. The van der Waals surface area contributed by atoms with Crippen molar-refractivity contribution >= 4 is 5.91 Å². The SMILES string of the molecule is CNC(=O)C(C)CN(C)Cc1cc(F)cc(C#CCO)c1. The van der Waals surface area contributed by atoms with Gasteiger partial charge >= 0.3 is 0 Å². The monoisotopic (exact) mass is 292 g/mol. The van der Waals surface area contributed by atoms with Crippen LogP contribution in [0, 0.1) is 23.6 Å². The maximum Gasteiger partial charge on any atom is 0.223 e. The Balaban J connectivity index is 2.73. The van der Waals surface area contributed by atoms with Crippen LogP contribution in [0.4, 0.5) is 4.39 Å². The highest BCUT2D eigenvalue weighted by Crippen LogP contribution is 2.11. The normalized spacial score (nSPS) is 11.7. The lowest BCUT2D eigenvalue weighted by atomic mass is 10.1. The van der Waals surface area contributed by atoms with E-state index in [1.165, 1.54) is 12.1 Å². The Morgan fingerprint density at radius 3 is 2.81 bits per heavy atom. The molecular weight excluding hydrogens is 271 g/mol. The Bertz CT molecular complexity index is 549. The van der Waals surface area contributed by atoms with Gasteiger partial charge in [0, 0.05) is 31.6 Å². The molecule has 1 unspecified atom stereocenters. The Kier molecular flexibility index (Phi) is 6.86. The summed E-state index contributed by atoms with van der Waals surface area (Å²) < 4.78 is 13.5. The van der Waals surface area contributed by atoms with E-state index in [4.69, 9.17) is 5.11 Å². The zero-order valence-electron chi connectivity index (χ0n) is 12.6. The average Bonchev–Trinajstić information content (AvgIpc) is 2.43. The first-order chi connectivity index (χ1) is 9.96. The number of carbonyl (C=O) groups excluding carboxylic acids is 1. The molecule has 0 saturated heterocycles. The Labute approximate surface area is 125 Å². The molecule has 0 aliphatic rings. The van der Waals surface area contributed by atoms with Crippen LogP contribution in [0.3, 0.4) is 0 Å². The van der Waals surface area contributed by atoms with E-state index in [0.29, 0.717) is 18.7 Å². The van der Waals surface area contributed by atoms with Gasteiger partial charge in [-0.3, -0.25) is 4.79 Å². The fraction of sp³-hybridized carbons (Fsp3) is 0.438. The standard InChI is InChI=1S/C16H21FN2O2/c1-12(16(21)18-2)10-19(3)11-14-7-13(5-4-6-20)8-15(17)9-14/h7-9,12,20H,6,10-11H2,1-3H3,(H,18,21). The molecule has 114 valence electrons. The summed E-state index contributed by atoms with van der Waals surface area (Å²) in [7, 11) is 3.49. The van der Waals surface area contributed by atoms with Crippen molar-refractivity contribution < 1.29 is 14.3 Å². The number of rotatable bonds is 5. The third-order valence-electron chi connectivity index (χ3n) is 3.00. The highest BCUT2D eigenvalue weighted by molar-refractivity contribution is 5.78. The molecule has 21 heavy (non-hydrogen) atoms. The van der Waals surface area contributed by atoms with Crippen molar-refractivity contribution in [1.29, 1.82) is 0 Å². The largest absolute Gasteiger partial charge is 0.384 e. The van der Waals surface area contributed by atoms with Gasteiger partial charge in [-0.15, -0.1) is 0 Å². The fourth-order valence-corrected chi connectivity index (χ4v) is 2.13. The number of halogens is 1. The molecule has 1 aromatic rings. The molecule has 1 atom stereocenters. The lowest BCUT2D eigenvalue weighted by molar-refractivity contribution is -0.124. The van der Waals surface area contributed by atoms with Crippen LogP contribution in [0.2, 0.25) is 0 Å². The second-order valence-electron chi connectivity index (χ2n) is 5.02. The summed E-state index contributed by atoms with van der Waals surface area (Å²) in [6.07, 6.45) is 0. The topological polar surface area (TPSA) is 52.6 Å². The zero-order valence-corrected chi connectivity index (χ0v) is 12.6. The van der Waals surface area contributed by atoms with Crippen molar-refractivity contribution in [3.8, 4) is 11.8 Å². The molecular formula is C16H21FN2O2. The molecule has 0 spiro atoms. The first-order valence-corrected chi connectivity index (χ1v) is 6.75. The van der Waals surface area contributed by atoms with E-state index in [-0.39, 0.29) is 24.2 Å². The number of hydrogen-bond donors (Lipinski definition) is 2. The lowest BCUT2D eigenvalue weighted by Gasteiger charge is -2.20. The van der Waals surface area contributed by atoms with Gasteiger partial charge in [0.25, 0.3) is 0 Å². The molecule has 1 rings (SSSR count). The number of amides is 1. The van der Waals surface area contributed by atoms with Crippen LogP contribution in [0.5, 0.6) is 0 Å². The van der Waals surface area contributed by atoms with Crippen molar-refractivity contribution in [2.75, 3.05) is 27.2 Å². The maximum atomic E-state index is 13.5. The van der Waals surface area contributed by atoms with Gasteiger partial charge in [-0.2, -0.15) is 0 Å². The number of hydrogen-bond acceptors (Lipinski definition) is 3. The second kappa shape index (κ2) is 8.40. The van der Waals surface area contributed by atoms with E-state index in [9.17, 15) is 9.18 Å². The van der Waals surface area contributed by atoms with Gasteiger partial charge in [-0.25, -0.2) is 4.39 Å². The van der Waals surface area contributed by atoms with Gasteiger partial charge in [0.1, 0.15) is 12.4 Å². The van der Waals surface area contributed by atoms with Crippen LogP contribution in [0.1, 0.15) is 18.1 Å². The molecule has 1 aromatic carbocycles. The summed E-state index contributed by atoms with van der Waals surface area (Å²) in [6.45, 7) is 2.69. The van der Waals surface area contributed by atoms with Crippen LogP contribution in [-0.2, 0) is 11.3 Å². The van der Waals surface area contributed by atoms with Crippen molar-refractivity contribution in [3.05, 3.63) is 35.1 Å². The van der Waals surface area contributed by atoms with Crippen molar-refractivity contribution in [2.45, 2.75) is 13.5 Å². The number of nitrogens with one attached hydrogen (secondary N) is 1. The van der Waals surface area contributed by atoms with Gasteiger partial charge in [0.05, 0.1) is 0 Å². The van der Waals surface area contributed by atoms with E-state index in [2.05, 4.69) is 17.2 Å². The van der Waals surface area contributed by atoms with Crippen LogP contribution in [-0.4, -0.2) is 43.2 Å². The van der Waals surface area contributed by atoms with Crippen molar-refractivity contribution in [2.24, 2.45) is 5.92 Å². The molecule has 2 N–H and O–H groups in total. The first-order valence-electron chi connectivity index (χ1n) is 6.75. The molecule has 0 aliphatic carbocycles. The van der Waals surface area contributed by atoms with Crippen LogP contribution in [0.25, 0.3) is 0 Å². The number of aliphatic hydroxyl groups excluding tert-OH is 1. The first kappa shape index (κ1) is 17.2. The number of aliphatic hydroxyl groups is 1. The lowest BCUT2D eigenvalue weighted by Crippen LogP contribution is -2.34. The zero-order chi connectivity index (χ0) is 15.8. The van der Waals surface area contributed by atoms with Crippen LogP contribution < -0.4 is 5.32 Å². The van der Waals surface area contributed by atoms with E-state index in [1.807, 2.05) is 18.9 Å². The summed E-state index contributed by atoms with van der Waals surface area (Å²) >= 11 is 0. The molecule has 1 amide bonds. The van der Waals surface area contributed by atoms with E-state index in [1.54, 1.807) is 13.1 Å². The predicted octanol–water partition coefficient (Wildman–Crippen LogP) is 0.983. The smallest absolute Gasteiger partial charge is 0.223 e. The average molecular weight is 292 g/mol. The minimum absolute atomic E-state index is 0.0180. The van der Waals surface area contributed by atoms with Gasteiger partial charge in [-0.1, -0.05) is 18.8 Å². The molecule has 0 heterocycles. The number of benzene rings is 1. The fourth-order valence-electron chi connectivity index (χ4n) is 2.13. The van der Waals surface area contributed by atoms with Crippen molar-refractivity contribution in [3.63, 3.8) is 0 Å². The Morgan fingerprint density at radius 2 is 2.19 bits per heavy atom. The summed E-state index contributed by atoms with van der Waals surface area (Å²) in [5.41, 5.74) is 1.32. The molecule has 0 saturated carbocycles. The molecule has 0 aliphatic heterocycles. The molecule has 0 radical (unpaired) electrons. The molecule has 0 fully saturated rings. The molecule has 5 heteroatoms. The highest BCUT2D eigenvalue weighted by atomic mass is 19.1. The number of carbonyl (C=O) groups is 1. The van der Waals surface area contributed by atoms with Gasteiger partial charge in [0.15, 0.2) is 0 Å². The maximum absolute atomic E-state index is 13.5. The van der Waals surface area contributed by atoms with E-state index >= 15 is 0 Å². The highest BCUT2D eigenvalue weighted by Gasteiger charge is 2.14. The predicted molar refractivity (Wildman–Crippen MR) is 79.9 cm³/mol. The van der Waals surface area contributed by atoms with Crippen LogP contribution in [0.15, 0.2) is 18.2 Å². The van der Waals surface area contributed by atoms with Gasteiger partial charge < -0.3 is 15.3 Å². The van der Waals surface area contributed by atoms with Crippen molar-refractivity contribution in [1.82, 2.24) is 10.2 Å². The minimum Gasteiger partial charge on any atom is -0.384 e. The summed E-state index contributed by atoms with van der Waals surface area (Å²) in [5, 5.41) is 11.3. The third kappa shape index (κ3) is 5.94. The van der Waals surface area contributed by atoms with Gasteiger partial charge in [0.2, 0.25) is 5.91 Å². The summed E-state index contributed by atoms with van der Waals surface area (Å²) in [5.74, 6) is 4.68. The summed E-state index contributed by atoms with van der Waals surface area (Å²) in [4.78, 5) is 13.4. The third-order valence-corrected chi connectivity index (χ3v) is 3.00. The van der Waals surface area contributed by atoms with Gasteiger partial charge in [-0.05, 0) is 30.8 Å². The second-order valence-corrected chi connectivity index (χ2v) is 5.02. The quantitative estimate of drug-likeness (QED) is 0.796. The van der Waals surface area contributed by atoms with E-state index in [0.717, 1.165) is 5.56 Å².